The van der Waals surface area contributed by atoms with Crippen molar-refractivity contribution in [2.24, 2.45) is 5.41 Å². The van der Waals surface area contributed by atoms with Gasteiger partial charge in [0, 0.05) is 15.7 Å². The summed E-state index contributed by atoms with van der Waals surface area (Å²) in [5, 5.41) is 2.15. The van der Waals surface area contributed by atoms with Crippen molar-refractivity contribution >= 4 is 17.1 Å². The fraction of sp³-hybridized carbons (Fsp3) is 0.500. The van der Waals surface area contributed by atoms with Gasteiger partial charge in [-0.1, -0.05) is 52.8 Å². The number of hydrogen-bond donors (Lipinski definition) is 0. The van der Waals surface area contributed by atoms with Crippen LogP contribution in [-0.4, -0.2) is 12.4 Å². The second-order valence-electron chi connectivity index (χ2n) is 7.71. The lowest BCUT2D eigenvalue weighted by molar-refractivity contribution is -0.128. The molecule has 2 aromatic rings. The minimum absolute atomic E-state index is 0.0543. The molecule has 0 saturated carbocycles. The third kappa shape index (κ3) is 4.14. The van der Waals surface area contributed by atoms with Gasteiger partial charge in [-0.05, 0) is 48.4 Å². The number of ketones is 1. The van der Waals surface area contributed by atoms with E-state index in [-0.39, 0.29) is 23.2 Å². The Kier molecular flexibility index (Phi) is 6.10. The van der Waals surface area contributed by atoms with Crippen molar-refractivity contribution in [3.05, 3.63) is 51.7 Å². The van der Waals surface area contributed by atoms with Crippen LogP contribution in [0.3, 0.4) is 0 Å². The van der Waals surface area contributed by atoms with Gasteiger partial charge >= 0.3 is 0 Å². The average Bonchev–Trinajstić information content (AvgIpc) is 3.09. The Labute approximate surface area is 156 Å². The van der Waals surface area contributed by atoms with E-state index in [0.717, 1.165) is 24.2 Å². The van der Waals surface area contributed by atoms with Crippen molar-refractivity contribution < 1.29 is 9.53 Å². The number of carbonyl (C=O) groups excluding carboxylic acids is 1. The minimum atomic E-state index is -0.368. The molecule has 1 heterocycles. The van der Waals surface area contributed by atoms with Crippen molar-refractivity contribution in [2.45, 2.75) is 59.8 Å². The highest BCUT2D eigenvalue weighted by Crippen LogP contribution is 2.42. The second-order valence-corrected chi connectivity index (χ2v) is 8.66. The first kappa shape index (κ1) is 19.7. The number of carbonyl (C=O) groups is 1. The maximum absolute atomic E-state index is 12.1. The first-order chi connectivity index (χ1) is 11.7. The smallest absolute Gasteiger partial charge is 0.175 e. The van der Waals surface area contributed by atoms with Gasteiger partial charge in [-0.15, -0.1) is 11.3 Å². The van der Waals surface area contributed by atoms with Crippen molar-refractivity contribution in [1.82, 2.24) is 0 Å². The van der Waals surface area contributed by atoms with Crippen molar-refractivity contribution in [2.75, 3.05) is 6.61 Å². The maximum Gasteiger partial charge on any atom is 0.175 e. The van der Waals surface area contributed by atoms with Crippen LogP contribution < -0.4 is 4.74 Å². The molecule has 25 heavy (non-hydrogen) atoms. The standard InChI is InChI=1S/C22H30O2S/c1-7-22(8-2,20-10-9-13-25-20)17-11-12-18(16(3)14-17)24-15-19(23)21(4,5)6/h9-14H,7-8,15H2,1-6H3. The molecule has 0 N–H and O–H groups in total. The number of Topliss-reactive ketones (excluding diaryl/α,β-unsaturated/α-hetero) is 1. The summed E-state index contributed by atoms with van der Waals surface area (Å²) in [6.07, 6.45) is 2.12. The highest BCUT2D eigenvalue weighted by molar-refractivity contribution is 7.10. The summed E-state index contributed by atoms with van der Waals surface area (Å²) in [6.45, 7) is 12.5. The number of hydrogen-bond acceptors (Lipinski definition) is 3. The van der Waals surface area contributed by atoms with Crippen molar-refractivity contribution in [1.29, 1.82) is 0 Å². The third-order valence-electron chi connectivity index (χ3n) is 5.12. The fourth-order valence-electron chi connectivity index (χ4n) is 3.17. The van der Waals surface area contributed by atoms with Gasteiger partial charge in [0.2, 0.25) is 0 Å². The molecule has 2 rings (SSSR count). The van der Waals surface area contributed by atoms with Crippen LogP contribution in [0.5, 0.6) is 5.75 Å². The lowest BCUT2D eigenvalue weighted by Crippen LogP contribution is -2.27. The molecule has 3 heteroatoms. The Hall–Kier alpha value is -1.61. The molecule has 0 atom stereocenters. The summed E-state index contributed by atoms with van der Waals surface area (Å²) in [5.41, 5.74) is 2.10. The molecule has 0 bridgehead atoms. The van der Waals surface area contributed by atoms with E-state index in [1.54, 1.807) is 0 Å². The van der Waals surface area contributed by atoms with Crippen LogP contribution in [0.1, 0.15) is 63.5 Å². The van der Waals surface area contributed by atoms with Crippen LogP contribution in [0.2, 0.25) is 0 Å². The van der Waals surface area contributed by atoms with Crippen LogP contribution in [-0.2, 0) is 10.2 Å². The van der Waals surface area contributed by atoms with Gasteiger partial charge in [0.05, 0.1) is 0 Å². The van der Waals surface area contributed by atoms with Crippen molar-refractivity contribution in [3.63, 3.8) is 0 Å². The van der Waals surface area contributed by atoms with E-state index in [9.17, 15) is 4.79 Å². The molecule has 0 saturated heterocycles. The number of thiophene rings is 1. The number of rotatable bonds is 7. The third-order valence-corrected chi connectivity index (χ3v) is 6.20. The Balaban J connectivity index is 2.27. The van der Waals surface area contributed by atoms with E-state index in [2.05, 4.69) is 50.4 Å². The lowest BCUT2D eigenvalue weighted by atomic mass is 9.74. The highest BCUT2D eigenvalue weighted by atomic mass is 32.1. The van der Waals surface area contributed by atoms with Crippen LogP contribution in [0.15, 0.2) is 35.7 Å². The lowest BCUT2D eigenvalue weighted by Gasteiger charge is -2.32. The molecule has 0 fully saturated rings. The molecular formula is C22H30O2S. The van der Waals surface area contributed by atoms with Gasteiger partial charge < -0.3 is 4.74 Å². The van der Waals surface area contributed by atoms with Gasteiger partial charge in [-0.3, -0.25) is 4.79 Å². The van der Waals surface area contributed by atoms with Crippen LogP contribution in [0, 0.1) is 12.3 Å². The summed E-state index contributed by atoms with van der Waals surface area (Å²) in [5.74, 6) is 0.916. The zero-order chi connectivity index (χ0) is 18.7. The van der Waals surface area contributed by atoms with Gasteiger partial charge in [0.25, 0.3) is 0 Å². The zero-order valence-corrected chi connectivity index (χ0v) is 17.1. The molecule has 0 aliphatic rings. The minimum Gasteiger partial charge on any atom is -0.486 e. The van der Waals surface area contributed by atoms with Crippen LogP contribution >= 0.6 is 11.3 Å². The topological polar surface area (TPSA) is 26.3 Å². The van der Waals surface area contributed by atoms with E-state index in [0.29, 0.717) is 0 Å². The predicted molar refractivity (Wildman–Crippen MR) is 107 cm³/mol. The molecule has 0 spiro atoms. The van der Waals surface area contributed by atoms with E-state index < -0.39 is 0 Å². The van der Waals surface area contributed by atoms with E-state index in [1.165, 1.54) is 10.4 Å². The summed E-state index contributed by atoms with van der Waals surface area (Å²) in [4.78, 5) is 13.5. The first-order valence-corrected chi connectivity index (χ1v) is 9.93. The van der Waals surface area contributed by atoms with Gasteiger partial charge in [0.1, 0.15) is 12.4 Å². The van der Waals surface area contributed by atoms with Crippen LogP contribution in [0.4, 0.5) is 0 Å². The molecule has 0 aliphatic carbocycles. The summed E-state index contributed by atoms with van der Waals surface area (Å²) in [7, 11) is 0. The van der Waals surface area contributed by atoms with Gasteiger partial charge in [0.15, 0.2) is 5.78 Å². The first-order valence-electron chi connectivity index (χ1n) is 9.05. The molecule has 1 aromatic carbocycles. The number of aryl methyl sites for hydroxylation is 1. The summed E-state index contributed by atoms with van der Waals surface area (Å²) < 4.78 is 5.80. The maximum atomic E-state index is 12.1. The average molecular weight is 359 g/mol. The summed E-state index contributed by atoms with van der Waals surface area (Å²) >= 11 is 1.82. The van der Waals surface area contributed by atoms with Gasteiger partial charge in [-0.25, -0.2) is 0 Å². The molecular weight excluding hydrogens is 328 g/mol. The van der Waals surface area contributed by atoms with Gasteiger partial charge in [-0.2, -0.15) is 0 Å². The molecule has 136 valence electrons. The Morgan fingerprint density at radius 1 is 1.12 bits per heavy atom. The second kappa shape index (κ2) is 7.74. The monoisotopic (exact) mass is 358 g/mol. The zero-order valence-electron chi connectivity index (χ0n) is 16.3. The summed E-state index contributed by atoms with van der Waals surface area (Å²) in [6, 6.07) is 10.8. The Morgan fingerprint density at radius 2 is 1.80 bits per heavy atom. The van der Waals surface area contributed by atoms with E-state index in [1.807, 2.05) is 38.2 Å². The SMILES string of the molecule is CCC(CC)(c1ccc(OCC(=O)C(C)(C)C)c(C)c1)c1cccs1. The van der Waals surface area contributed by atoms with E-state index >= 15 is 0 Å². The largest absolute Gasteiger partial charge is 0.486 e. The quantitative estimate of drug-likeness (QED) is 0.593. The Bertz CT molecular complexity index is 704. The Morgan fingerprint density at radius 3 is 2.28 bits per heavy atom. The molecule has 0 aliphatic heterocycles. The van der Waals surface area contributed by atoms with Crippen molar-refractivity contribution in [3.8, 4) is 5.75 Å². The molecule has 0 unspecified atom stereocenters. The highest BCUT2D eigenvalue weighted by Gasteiger charge is 2.32. The van der Waals surface area contributed by atoms with E-state index in [4.69, 9.17) is 4.74 Å². The fourth-order valence-corrected chi connectivity index (χ4v) is 4.26. The number of ether oxygens (including phenoxy) is 1. The predicted octanol–water partition coefficient (Wildman–Crippen LogP) is 6.16. The molecule has 0 radical (unpaired) electrons. The molecule has 0 amide bonds. The number of benzene rings is 1. The molecule has 2 nitrogen and oxygen atoms in total. The molecule has 1 aromatic heterocycles. The normalized spacial score (nSPS) is 12.2. The van der Waals surface area contributed by atoms with Crippen LogP contribution in [0.25, 0.3) is 0 Å².